The number of halogens is 2. The zero-order chi connectivity index (χ0) is 14.8. The lowest BCUT2D eigenvalue weighted by Gasteiger charge is -2.03. The number of carbonyl (C=O) groups excluding carboxylic acids is 1. The molecule has 1 aromatic heterocycles. The molecule has 0 aliphatic carbocycles. The van der Waals surface area contributed by atoms with Crippen molar-refractivity contribution in [1.82, 2.24) is 0 Å². The first-order chi connectivity index (χ1) is 10.1. The van der Waals surface area contributed by atoms with Gasteiger partial charge in [0.25, 0.3) is 0 Å². The van der Waals surface area contributed by atoms with Crippen LogP contribution in [0.5, 0.6) is 0 Å². The highest BCUT2D eigenvalue weighted by atomic mass is 32.1. The molecule has 0 saturated carbocycles. The van der Waals surface area contributed by atoms with Gasteiger partial charge < -0.3 is 0 Å². The second kappa shape index (κ2) is 5.74. The third-order valence-electron chi connectivity index (χ3n) is 3.37. The van der Waals surface area contributed by atoms with Gasteiger partial charge in [0.05, 0.1) is 0 Å². The van der Waals surface area contributed by atoms with Crippen LogP contribution >= 0.6 is 11.3 Å². The Kier molecular flexibility index (Phi) is 3.80. The first-order valence-corrected chi connectivity index (χ1v) is 7.43. The van der Waals surface area contributed by atoms with Gasteiger partial charge in [-0.1, -0.05) is 30.3 Å². The summed E-state index contributed by atoms with van der Waals surface area (Å²) in [6, 6.07) is 11.8. The molecule has 0 N–H and O–H groups in total. The van der Waals surface area contributed by atoms with Crippen molar-refractivity contribution in [3.63, 3.8) is 0 Å². The first kappa shape index (κ1) is 13.9. The van der Waals surface area contributed by atoms with Gasteiger partial charge in [0.15, 0.2) is 11.6 Å². The molecular weight excluding hydrogens is 290 g/mol. The standard InChI is InChI=1S/C17H12F2OS/c18-15-6-3-4-11(17(15)19)8-13(20)9-12-10-21-16-7-2-1-5-14(12)16/h1-7,10H,8-9H2. The van der Waals surface area contributed by atoms with E-state index in [9.17, 15) is 13.6 Å². The van der Waals surface area contributed by atoms with Crippen LogP contribution in [-0.4, -0.2) is 5.78 Å². The number of carbonyl (C=O) groups is 1. The molecule has 3 rings (SSSR count). The molecule has 1 nitrogen and oxygen atoms in total. The van der Waals surface area contributed by atoms with Crippen LogP contribution in [-0.2, 0) is 17.6 Å². The van der Waals surface area contributed by atoms with Gasteiger partial charge in [0.2, 0.25) is 0 Å². The number of hydrogen-bond acceptors (Lipinski definition) is 2. The molecule has 21 heavy (non-hydrogen) atoms. The Balaban J connectivity index is 1.79. The molecule has 106 valence electrons. The second-order valence-electron chi connectivity index (χ2n) is 4.86. The Morgan fingerprint density at radius 3 is 2.57 bits per heavy atom. The molecule has 0 spiro atoms. The Hall–Kier alpha value is -2.07. The van der Waals surface area contributed by atoms with E-state index < -0.39 is 11.6 Å². The summed E-state index contributed by atoms with van der Waals surface area (Å²) in [6.45, 7) is 0. The van der Waals surface area contributed by atoms with E-state index in [0.29, 0.717) is 0 Å². The normalized spacial score (nSPS) is 11.0. The maximum Gasteiger partial charge on any atom is 0.162 e. The lowest BCUT2D eigenvalue weighted by atomic mass is 10.0. The summed E-state index contributed by atoms with van der Waals surface area (Å²) in [5.41, 5.74) is 1.05. The third kappa shape index (κ3) is 2.85. The molecule has 1 heterocycles. The molecule has 2 aromatic carbocycles. The van der Waals surface area contributed by atoms with E-state index in [4.69, 9.17) is 0 Å². The highest BCUT2D eigenvalue weighted by molar-refractivity contribution is 7.17. The minimum atomic E-state index is -0.930. The molecule has 0 amide bonds. The highest BCUT2D eigenvalue weighted by Gasteiger charge is 2.13. The van der Waals surface area contributed by atoms with E-state index >= 15 is 0 Å². The van der Waals surface area contributed by atoms with Crippen LogP contribution in [0.3, 0.4) is 0 Å². The zero-order valence-electron chi connectivity index (χ0n) is 11.1. The van der Waals surface area contributed by atoms with E-state index in [1.165, 1.54) is 12.1 Å². The van der Waals surface area contributed by atoms with Gasteiger partial charge in [-0.25, -0.2) is 8.78 Å². The summed E-state index contributed by atoms with van der Waals surface area (Å²) < 4.78 is 27.8. The average Bonchev–Trinajstić information content (AvgIpc) is 2.87. The number of Topliss-reactive ketones (excluding diaryl/α,β-unsaturated/α-hetero) is 1. The molecule has 3 aromatic rings. The summed E-state index contributed by atoms with van der Waals surface area (Å²) in [4.78, 5) is 12.1. The quantitative estimate of drug-likeness (QED) is 0.692. The highest BCUT2D eigenvalue weighted by Crippen LogP contribution is 2.26. The summed E-state index contributed by atoms with van der Waals surface area (Å²) in [5.74, 6) is -1.97. The largest absolute Gasteiger partial charge is 0.299 e. The topological polar surface area (TPSA) is 17.1 Å². The monoisotopic (exact) mass is 302 g/mol. The summed E-state index contributed by atoms with van der Waals surface area (Å²) in [6.07, 6.45) is 0.147. The number of hydrogen-bond donors (Lipinski definition) is 0. The van der Waals surface area contributed by atoms with Crippen molar-refractivity contribution in [2.24, 2.45) is 0 Å². The number of benzene rings is 2. The molecule has 0 fully saturated rings. The van der Waals surface area contributed by atoms with Gasteiger partial charge in [-0.2, -0.15) is 0 Å². The van der Waals surface area contributed by atoms with Crippen molar-refractivity contribution >= 4 is 27.2 Å². The molecule has 0 aliphatic heterocycles. The second-order valence-corrected chi connectivity index (χ2v) is 5.77. The number of thiophene rings is 1. The molecule has 0 aliphatic rings. The van der Waals surface area contributed by atoms with Gasteiger partial charge in [0.1, 0.15) is 5.78 Å². The molecule has 4 heteroatoms. The van der Waals surface area contributed by atoms with Crippen LogP contribution in [0.4, 0.5) is 8.78 Å². The van der Waals surface area contributed by atoms with Gasteiger partial charge >= 0.3 is 0 Å². The maximum absolute atomic E-state index is 13.6. The average molecular weight is 302 g/mol. The van der Waals surface area contributed by atoms with Crippen molar-refractivity contribution < 1.29 is 13.6 Å². The minimum Gasteiger partial charge on any atom is -0.299 e. The summed E-state index contributed by atoms with van der Waals surface area (Å²) in [5, 5.41) is 3.00. The third-order valence-corrected chi connectivity index (χ3v) is 4.38. The Labute approximate surface area is 124 Å². The lowest BCUT2D eigenvalue weighted by Crippen LogP contribution is -2.08. The van der Waals surface area contributed by atoms with E-state index in [0.717, 1.165) is 21.7 Å². The summed E-state index contributed by atoms with van der Waals surface area (Å²) >= 11 is 1.58. The number of fused-ring (bicyclic) bond motifs is 1. The van der Waals surface area contributed by atoms with Gasteiger partial charge in [-0.05, 0) is 34.0 Å². The Morgan fingerprint density at radius 2 is 1.71 bits per heavy atom. The first-order valence-electron chi connectivity index (χ1n) is 6.55. The maximum atomic E-state index is 13.6. The van der Waals surface area contributed by atoms with E-state index in [1.807, 2.05) is 29.6 Å². The Bertz CT molecular complexity index is 807. The van der Waals surface area contributed by atoms with E-state index in [-0.39, 0.29) is 24.2 Å². The van der Waals surface area contributed by atoms with Crippen molar-refractivity contribution in [2.45, 2.75) is 12.8 Å². The molecular formula is C17H12F2OS. The molecule has 0 saturated heterocycles. The molecule has 0 unspecified atom stereocenters. The number of ketones is 1. The van der Waals surface area contributed by atoms with Crippen LogP contribution < -0.4 is 0 Å². The van der Waals surface area contributed by atoms with Crippen LogP contribution in [0, 0.1) is 11.6 Å². The molecule has 0 radical (unpaired) electrons. The van der Waals surface area contributed by atoms with Gasteiger partial charge in [0, 0.05) is 17.5 Å². The van der Waals surface area contributed by atoms with Gasteiger partial charge in [-0.15, -0.1) is 11.3 Å². The van der Waals surface area contributed by atoms with Crippen molar-refractivity contribution in [3.8, 4) is 0 Å². The van der Waals surface area contributed by atoms with Crippen molar-refractivity contribution in [1.29, 1.82) is 0 Å². The fourth-order valence-electron chi connectivity index (χ4n) is 2.34. The Morgan fingerprint density at radius 1 is 0.952 bits per heavy atom. The van der Waals surface area contributed by atoms with E-state index in [1.54, 1.807) is 11.3 Å². The number of rotatable bonds is 4. The molecule has 0 bridgehead atoms. The predicted octanol–water partition coefficient (Wildman–Crippen LogP) is 4.53. The lowest BCUT2D eigenvalue weighted by molar-refractivity contribution is -0.117. The van der Waals surface area contributed by atoms with Crippen LogP contribution in [0.15, 0.2) is 47.8 Å². The van der Waals surface area contributed by atoms with Crippen LogP contribution in [0.25, 0.3) is 10.1 Å². The van der Waals surface area contributed by atoms with Crippen LogP contribution in [0.2, 0.25) is 0 Å². The summed E-state index contributed by atoms with van der Waals surface area (Å²) in [7, 11) is 0. The smallest absolute Gasteiger partial charge is 0.162 e. The van der Waals surface area contributed by atoms with Crippen molar-refractivity contribution in [2.75, 3.05) is 0 Å². The molecule has 0 atom stereocenters. The predicted molar refractivity (Wildman–Crippen MR) is 80.6 cm³/mol. The van der Waals surface area contributed by atoms with Crippen LogP contribution in [0.1, 0.15) is 11.1 Å². The fraction of sp³-hybridized carbons (Fsp3) is 0.118. The van der Waals surface area contributed by atoms with E-state index in [2.05, 4.69) is 0 Å². The zero-order valence-corrected chi connectivity index (χ0v) is 11.9. The van der Waals surface area contributed by atoms with Gasteiger partial charge in [-0.3, -0.25) is 4.79 Å². The SMILES string of the molecule is O=C(Cc1cccc(F)c1F)Cc1csc2ccccc12. The minimum absolute atomic E-state index is 0.0895. The fourth-order valence-corrected chi connectivity index (χ4v) is 3.30. The van der Waals surface area contributed by atoms with Crippen molar-refractivity contribution in [3.05, 3.63) is 70.6 Å².